The summed E-state index contributed by atoms with van der Waals surface area (Å²) >= 11 is -22.6. The van der Waals surface area contributed by atoms with Gasteiger partial charge in [0.1, 0.15) is 0 Å². The van der Waals surface area contributed by atoms with Crippen molar-refractivity contribution in [3.63, 3.8) is 0 Å². The molecule has 0 bridgehead atoms. The molecule has 0 heterocycles. The zero-order valence-corrected chi connectivity index (χ0v) is 10.5. The Hall–Kier alpha value is 2.56. The SMILES string of the molecule is [F][Zr]([F])([F])([F])([F])[F].[F][Zr]([F])([F])([F])([F])[F].[KH]. The molecular formula is HF12KZr2. The number of rotatable bonds is 0. The summed E-state index contributed by atoms with van der Waals surface area (Å²) in [5, 5.41) is 0. The van der Waals surface area contributed by atoms with E-state index >= 15 is 0 Å². The molecular weight excluding hydrogens is 450 g/mol. The van der Waals surface area contributed by atoms with E-state index < -0.39 is 41.9 Å². The van der Waals surface area contributed by atoms with Crippen LogP contribution >= 0.6 is 0 Å². The van der Waals surface area contributed by atoms with E-state index in [0.717, 1.165) is 0 Å². The second-order valence-electron chi connectivity index (χ2n) is 2.14. The Balaban J connectivity index is -0.000000180. The Labute approximate surface area is 122 Å². The molecule has 0 radical (unpaired) electrons. The van der Waals surface area contributed by atoms with Crippen LogP contribution in [0.5, 0.6) is 0 Å². The normalized spacial score (nSPS) is 21.6. The van der Waals surface area contributed by atoms with Crippen LogP contribution < -0.4 is 0 Å². The van der Waals surface area contributed by atoms with Crippen LogP contribution in [0.25, 0.3) is 0 Å². The second kappa shape index (κ2) is 3.78. The Morgan fingerprint density at radius 3 is 0.333 bits per heavy atom. The fourth-order valence-electron chi connectivity index (χ4n) is 0. The van der Waals surface area contributed by atoms with E-state index in [1.54, 1.807) is 0 Å². The van der Waals surface area contributed by atoms with Crippen molar-refractivity contribution < 1.29 is 73.4 Å². The first-order valence-electron chi connectivity index (χ1n) is 2.27. The van der Waals surface area contributed by atoms with E-state index in [0.29, 0.717) is 0 Å². The summed E-state index contributed by atoms with van der Waals surface area (Å²) in [6, 6.07) is 0. The molecule has 0 aromatic rings. The van der Waals surface area contributed by atoms with Crippen LogP contribution in [0.2, 0.25) is 0 Å². The molecule has 0 spiro atoms. The zero-order chi connectivity index (χ0) is 12.8. The van der Waals surface area contributed by atoms with Gasteiger partial charge >= 0.3 is 125 Å². The molecule has 0 aliphatic carbocycles. The van der Waals surface area contributed by atoms with Crippen molar-refractivity contribution in [3.8, 4) is 0 Å². The molecule has 0 amide bonds. The third kappa shape index (κ3) is 535. The third-order valence-electron chi connectivity index (χ3n) is 0. The maximum atomic E-state index is 9.93. The Morgan fingerprint density at radius 1 is 0.333 bits per heavy atom. The van der Waals surface area contributed by atoms with Crippen molar-refractivity contribution >= 4 is 51.4 Å². The summed E-state index contributed by atoms with van der Waals surface area (Å²) in [6.07, 6.45) is 0. The van der Waals surface area contributed by atoms with Gasteiger partial charge in [0, 0.05) is 0 Å². The van der Waals surface area contributed by atoms with Gasteiger partial charge in [0.05, 0.1) is 0 Å². The molecule has 0 rings (SSSR count). The van der Waals surface area contributed by atoms with E-state index in [9.17, 15) is 31.5 Å². The summed E-state index contributed by atoms with van der Waals surface area (Å²) in [5.41, 5.74) is 0. The summed E-state index contributed by atoms with van der Waals surface area (Å²) in [7, 11) is 0. The van der Waals surface area contributed by atoms with Crippen molar-refractivity contribution in [1.82, 2.24) is 0 Å². The summed E-state index contributed by atoms with van der Waals surface area (Å²) < 4.78 is 119. The monoisotopic (exact) mass is 448 g/mol. The number of halogens is 12. The molecule has 0 N–H and O–H groups in total. The van der Waals surface area contributed by atoms with Crippen LogP contribution in [0, 0.1) is 0 Å². The Kier molecular flexibility index (Phi) is 5.73. The van der Waals surface area contributed by atoms with Crippen LogP contribution in [0.1, 0.15) is 0 Å². The van der Waals surface area contributed by atoms with Crippen molar-refractivity contribution in [2.75, 3.05) is 0 Å². The van der Waals surface area contributed by atoms with Crippen LogP contribution in [0.4, 0.5) is 31.5 Å². The molecule has 0 nitrogen and oxygen atoms in total. The van der Waals surface area contributed by atoms with E-state index in [-0.39, 0.29) is 51.4 Å². The van der Waals surface area contributed by atoms with Gasteiger partial charge < -0.3 is 0 Å². The van der Waals surface area contributed by atoms with Gasteiger partial charge in [0.2, 0.25) is 0 Å². The first-order valence-corrected chi connectivity index (χ1v) is 13.4. The van der Waals surface area contributed by atoms with Crippen LogP contribution in [0.3, 0.4) is 0 Å². The van der Waals surface area contributed by atoms with E-state index in [1.165, 1.54) is 0 Å². The van der Waals surface area contributed by atoms with Crippen molar-refractivity contribution in [3.05, 3.63) is 0 Å². The summed E-state index contributed by atoms with van der Waals surface area (Å²) in [6.45, 7) is 0. The minimum atomic E-state index is -11.3. The predicted molar refractivity (Wildman–Crippen MR) is 20.4 cm³/mol. The summed E-state index contributed by atoms with van der Waals surface area (Å²) in [4.78, 5) is 0. The first kappa shape index (κ1) is 22.7. The van der Waals surface area contributed by atoms with E-state index in [1.807, 2.05) is 0 Å². The van der Waals surface area contributed by atoms with Gasteiger partial charge in [-0.15, -0.1) is 0 Å². The molecule has 15 heavy (non-hydrogen) atoms. The Morgan fingerprint density at radius 2 is 0.333 bits per heavy atom. The number of hydrogen-bond donors (Lipinski definition) is 0. The van der Waals surface area contributed by atoms with Gasteiger partial charge in [-0.25, -0.2) is 0 Å². The maximum absolute atomic E-state index is 11.3. The molecule has 94 valence electrons. The van der Waals surface area contributed by atoms with Crippen molar-refractivity contribution in [2.24, 2.45) is 0 Å². The van der Waals surface area contributed by atoms with Crippen molar-refractivity contribution in [2.45, 2.75) is 0 Å². The van der Waals surface area contributed by atoms with Gasteiger partial charge in [0.25, 0.3) is 0 Å². The van der Waals surface area contributed by atoms with Gasteiger partial charge in [-0.2, -0.15) is 0 Å². The quantitative estimate of drug-likeness (QED) is 0.379. The van der Waals surface area contributed by atoms with Gasteiger partial charge in [0.15, 0.2) is 0 Å². The molecule has 15 heteroatoms. The fraction of sp³-hybridized carbons (Fsp3) is 0. The molecule has 0 aromatic carbocycles. The third-order valence-corrected chi connectivity index (χ3v) is 0. The predicted octanol–water partition coefficient (Wildman–Crippen LogP) is 4.39. The van der Waals surface area contributed by atoms with Crippen molar-refractivity contribution in [1.29, 1.82) is 0 Å². The molecule has 0 unspecified atom stereocenters. The Bertz CT molecular complexity index is 161. The van der Waals surface area contributed by atoms with E-state index in [4.69, 9.17) is 0 Å². The standard InChI is InChI=1S/12FH.K.2Zr.H/h12*1H;;;;/q;;;;;;;;;;;;;2*+6;/p-12. The molecule has 0 aliphatic rings. The van der Waals surface area contributed by atoms with Gasteiger partial charge in [-0.05, 0) is 0 Å². The topological polar surface area (TPSA) is 0 Å². The van der Waals surface area contributed by atoms with Crippen LogP contribution in [-0.2, 0) is 41.9 Å². The molecule has 0 saturated heterocycles. The average molecular weight is 451 g/mol. The fourth-order valence-corrected chi connectivity index (χ4v) is 0. The van der Waals surface area contributed by atoms with Gasteiger partial charge in [-0.1, -0.05) is 0 Å². The number of hydrogen-bond acceptors (Lipinski definition) is 0. The molecule has 0 aliphatic heterocycles. The first-order chi connectivity index (χ1) is 4.90. The average Bonchev–Trinajstić information content (AvgIpc) is 0.938. The van der Waals surface area contributed by atoms with Crippen LogP contribution in [0.15, 0.2) is 0 Å². The molecule has 0 aromatic heterocycles. The summed E-state index contributed by atoms with van der Waals surface area (Å²) in [5.74, 6) is 0. The van der Waals surface area contributed by atoms with Gasteiger partial charge in [-0.3, -0.25) is 0 Å². The molecule has 0 saturated carbocycles. The second-order valence-corrected chi connectivity index (χ2v) is 12.7. The molecule has 0 fully saturated rings. The zero-order valence-electron chi connectivity index (χ0n) is 5.54. The van der Waals surface area contributed by atoms with Crippen LogP contribution in [-0.4, -0.2) is 51.4 Å². The molecule has 0 atom stereocenters. The minimum absolute atomic E-state index is 0. The van der Waals surface area contributed by atoms with E-state index in [2.05, 4.69) is 0 Å².